The van der Waals surface area contributed by atoms with Crippen molar-refractivity contribution in [2.75, 3.05) is 5.43 Å². The van der Waals surface area contributed by atoms with Crippen LogP contribution in [0.5, 0.6) is 0 Å². The highest BCUT2D eigenvalue weighted by Crippen LogP contribution is 2.08. The van der Waals surface area contributed by atoms with E-state index >= 15 is 0 Å². The normalized spacial score (nSPS) is 10.7. The second-order valence-corrected chi connectivity index (χ2v) is 3.47. The van der Waals surface area contributed by atoms with Crippen LogP contribution < -0.4 is 5.43 Å². The highest BCUT2D eigenvalue weighted by molar-refractivity contribution is 7.13. The predicted molar refractivity (Wildman–Crippen MR) is 57.5 cm³/mol. The quantitative estimate of drug-likeness (QED) is 0.639. The molecule has 0 saturated carbocycles. The van der Waals surface area contributed by atoms with E-state index in [1.54, 1.807) is 23.7 Å². The van der Waals surface area contributed by atoms with Gasteiger partial charge in [0.25, 0.3) is 0 Å². The van der Waals surface area contributed by atoms with Crippen molar-refractivity contribution < 1.29 is 4.39 Å². The molecular formula is C9H7FN4S. The molecule has 2 rings (SSSR count). The first-order chi connectivity index (χ1) is 7.36. The summed E-state index contributed by atoms with van der Waals surface area (Å²) < 4.78 is 13.1. The minimum absolute atomic E-state index is 0.305. The van der Waals surface area contributed by atoms with Gasteiger partial charge in [-0.1, -0.05) is 29.5 Å². The molecule has 0 atom stereocenters. The minimum Gasteiger partial charge on any atom is -0.251 e. The molecule has 0 fully saturated rings. The number of hydrogen-bond donors (Lipinski definition) is 1. The van der Waals surface area contributed by atoms with Gasteiger partial charge in [-0.3, -0.25) is 5.43 Å². The third-order valence-corrected chi connectivity index (χ3v) is 2.22. The maximum Gasteiger partial charge on any atom is 0.225 e. The van der Waals surface area contributed by atoms with Crippen LogP contribution in [-0.4, -0.2) is 16.4 Å². The molecule has 76 valence electrons. The molecule has 4 nitrogen and oxygen atoms in total. The number of hydrazone groups is 1. The van der Waals surface area contributed by atoms with Crippen molar-refractivity contribution in [2.45, 2.75) is 0 Å². The van der Waals surface area contributed by atoms with Gasteiger partial charge < -0.3 is 0 Å². The summed E-state index contributed by atoms with van der Waals surface area (Å²) in [5, 5.41) is 11.8. The summed E-state index contributed by atoms with van der Waals surface area (Å²) in [4.78, 5) is 0. The first-order valence-corrected chi connectivity index (χ1v) is 5.04. The van der Waals surface area contributed by atoms with E-state index in [1.165, 1.54) is 23.6 Å². The van der Waals surface area contributed by atoms with Gasteiger partial charge in [-0.25, -0.2) is 4.39 Å². The van der Waals surface area contributed by atoms with E-state index in [1.807, 2.05) is 0 Å². The van der Waals surface area contributed by atoms with Crippen LogP contribution in [0.3, 0.4) is 0 Å². The Morgan fingerprint density at radius 2 is 2.27 bits per heavy atom. The lowest BCUT2D eigenvalue weighted by atomic mass is 10.2. The lowest BCUT2D eigenvalue weighted by Gasteiger charge is -1.94. The molecule has 1 N–H and O–H groups in total. The van der Waals surface area contributed by atoms with E-state index in [0.717, 1.165) is 0 Å². The fraction of sp³-hybridized carbons (Fsp3) is 0. The van der Waals surface area contributed by atoms with Crippen molar-refractivity contribution in [3.05, 3.63) is 41.2 Å². The number of hydrogen-bond acceptors (Lipinski definition) is 5. The van der Waals surface area contributed by atoms with Gasteiger partial charge in [0.05, 0.1) is 6.21 Å². The van der Waals surface area contributed by atoms with Gasteiger partial charge in [0, 0.05) is 5.56 Å². The van der Waals surface area contributed by atoms with Gasteiger partial charge in [0.2, 0.25) is 5.13 Å². The Kier molecular flexibility index (Phi) is 2.99. The number of rotatable bonds is 3. The lowest BCUT2D eigenvalue weighted by molar-refractivity contribution is 0.626. The Balaban J connectivity index is 2.03. The molecule has 2 aromatic rings. The Morgan fingerprint density at radius 1 is 1.40 bits per heavy atom. The molecule has 15 heavy (non-hydrogen) atoms. The summed E-state index contributed by atoms with van der Waals surface area (Å²) in [6.07, 6.45) is 1.40. The average Bonchev–Trinajstić information content (AvgIpc) is 2.74. The fourth-order valence-electron chi connectivity index (χ4n) is 0.959. The van der Waals surface area contributed by atoms with Crippen molar-refractivity contribution >= 4 is 22.7 Å². The standard InChI is InChI=1S/C9H7FN4S/c10-8-4-2-1-3-7(8)5-11-13-9-14-12-6-15-9/h1-6H,(H,13,14)/b11-5+. The molecule has 1 aromatic carbocycles. The van der Waals surface area contributed by atoms with Crippen molar-refractivity contribution in [3.8, 4) is 0 Å². The predicted octanol–water partition coefficient (Wildman–Crippen LogP) is 2.12. The molecule has 0 aliphatic carbocycles. The van der Waals surface area contributed by atoms with Crippen LogP contribution in [0.2, 0.25) is 0 Å². The molecular weight excluding hydrogens is 215 g/mol. The topological polar surface area (TPSA) is 50.2 Å². The van der Waals surface area contributed by atoms with Crippen LogP contribution in [-0.2, 0) is 0 Å². The molecule has 0 aliphatic heterocycles. The number of aromatic nitrogens is 2. The molecule has 0 unspecified atom stereocenters. The van der Waals surface area contributed by atoms with Gasteiger partial charge in [-0.15, -0.1) is 10.2 Å². The van der Waals surface area contributed by atoms with E-state index < -0.39 is 0 Å². The van der Waals surface area contributed by atoms with Gasteiger partial charge in [-0.05, 0) is 6.07 Å². The van der Waals surface area contributed by atoms with Gasteiger partial charge in [0.15, 0.2) is 0 Å². The van der Waals surface area contributed by atoms with Crippen LogP contribution in [0.25, 0.3) is 0 Å². The van der Waals surface area contributed by atoms with Crippen molar-refractivity contribution in [1.29, 1.82) is 0 Å². The summed E-state index contributed by atoms with van der Waals surface area (Å²) >= 11 is 1.32. The number of benzene rings is 1. The first-order valence-electron chi connectivity index (χ1n) is 4.16. The highest BCUT2D eigenvalue weighted by atomic mass is 32.1. The summed E-state index contributed by atoms with van der Waals surface area (Å²) in [5.74, 6) is -0.305. The maximum absolute atomic E-state index is 13.1. The largest absolute Gasteiger partial charge is 0.251 e. The van der Waals surface area contributed by atoms with Gasteiger partial charge in [-0.2, -0.15) is 5.10 Å². The third kappa shape index (κ3) is 2.57. The molecule has 0 spiro atoms. The van der Waals surface area contributed by atoms with Crippen LogP contribution >= 0.6 is 11.3 Å². The van der Waals surface area contributed by atoms with Crippen molar-refractivity contribution in [1.82, 2.24) is 10.2 Å². The number of nitrogens with one attached hydrogen (secondary N) is 1. The van der Waals surface area contributed by atoms with Crippen LogP contribution in [0, 0.1) is 5.82 Å². The average molecular weight is 222 g/mol. The van der Waals surface area contributed by atoms with Crippen LogP contribution in [0.15, 0.2) is 34.9 Å². The van der Waals surface area contributed by atoms with Gasteiger partial charge >= 0.3 is 0 Å². The lowest BCUT2D eigenvalue weighted by Crippen LogP contribution is -1.92. The van der Waals surface area contributed by atoms with E-state index in [-0.39, 0.29) is 5.82 Å². The van der Waals surface area contributed by atoms with Gasteiger partial charge in [0.1, 0.15) is 11.3 Å². The number of nitrogens with zero attached hydrogens (tertiary/aromatic N) is 3. The Labute approximate surface area is 89.5 Å². The molecule has 0 saturated heterocycles. The van der Waals surface area contributed by atoms with Crippen molar-refractivity contribution in [3.63, 3.8) is 0 Å². The molecule has 1 heterocycles. The summed E-state index contributed by atoms with van der Waals surface area (Å²) in [7, 11) is 0. The number of halogens is 1. The maximum atomic E-state index is 13.1. The Bertz CT molecular complexity index is 455. The van der Waals surface area contributed by atoms with Crippen molar-refractivity contribution in [2.24, 2.45) is 5.10 Å². The zero-order valence-corrected chi connectivity index (χ0v) is 8.41. The fourth-order valence-corrected chi connectivity index (χ4v) is 1.35. The zero-order valence-electron chi connectivity index (χ0n) is 7.59. The summed E-state index contributed by atoms with van der Waals surface area (Å²) in [6, 6.07) is 6.40. The highest BCUT2D eigenvalue weighted by Gasteiger charge is 1.96. The molecule has 0 aliphatic rings. The minimum atomic E-state index is -0.305. The van der Waals surface area contributed by atoms with E-state index in [9.17, 15) is 4.39 Å². The van der Waals surface area contributed by atoms with E-state index in [4.69, 9.17) is 0 Å². The Morgan fingerprint density at radius 3 is 3.00 bits per heavy atom. The Hall–Kier alpha value is -1.82. The molecule has 0 radical (unpaired) electrons. The third-order valence-electron chi connectivity index (χ3n) is 1.63. The molecule has 1 aromatic heterocycles. The smallest absolute Gasteiger partial charge is 0.225 e. The number of anilines is 1. The van der Waals surface area contributed by atoms with Crippen LogP contribution in [0.4, 0.5) is 9.52 Å². The molecule has 6 heteroatoms. The monoisotopic (exact) mass is 222 g/mol. The van der Waals surface area contributed by atoms with E-state index in [2.05, 4.69) is 20.7 Å². The zero-order chi connectivity index (χ0) is 10.5. The summed E-state index contributed by atoms with van der Waals surface area (Å²) in [5.41, 5.74) is 4.66. The molecule has 0 amide bonds. The first kappa shape index (κ1) is 9.72. The summed E-state index contributed by atoms with van der Waals surface area (Å²) in [6.45, 7) is 0. The molecule has 0 bridgehead atoms. The van der Waals surface area contributed by atoms with E-state index in [0.29, 0.717) is 10.7 Å². The SMILES string of the molecule is Fc1ccccc1/C=N/Nc1nncs1. The second-order valence-electron chi connectivity index (χ2n) is 2.64. The second kappa shape index (κ2) is 4.61. The van der Waals surface area contributed by atoms with Crippen LogP contribution in [0.1, 0.15) is 5.56 Å².